The van der Waals surface area contributed by atoms with Crippen LogP contribution in [0.2, 0.25) is 0 Å². The Hall–Kier alpha value is -2.08. The molecule has 0 saturated carbocycles. The third-order valence-corrected chi connectivity index (χ3v) is 4.92. The maximum Gasteiger partial charge on any atom is 0.317 e. The molecule has 1 saturated heterocycles. The molecule has 1 aromatic carbocycles. The Balaban J connectivity index is 1.56. The van der Waals surface area contributed by atoms with Crippen LogP contribution < -0.4 is 5.32 Å². The molecule has 1 N–H and O–H groups in total. The van der Waals surface area contributed by atoms with Gasteiger partial charge >= 0.3 is 6.03 Å². The van der Waals surface area contributed by atoms with E-state index in [9.17, 15) is 4.79 Å². The summed E-state index contributed by atoms with van der Waals surface area (Å²) in [5, 5.41) is 3.04. The van der Waals surface area contributed by atoms with Crippen molar-refractivity contribution in [1.29, 1.82) is 0 Å². The van der Waals surface area contributed by atoms with E-state index in [1.807, 2.05) is 42.9 Å². The van der Waals surface area contributed by atoms with E-state index in [4.69, 9.17) is 0 Å². The molecule has 130 valence electrons. The molecule has 1 aliphatic rings. The van der Waals surface area contributed by atoms with Crippen molar-refractivity contribution < 1.29 is 4.79 Å². The molecule has 24 heavy (non-hydrogen) atoms. The van der Waals surface area contributed by atoms with E-state index in [0.29, 0.717) is 19.1 Å². The molecule has 0 bridgehead atoms. The second kappa shape index (κ2) is 7.21. The molecule has 1 unspecified atom stereocenters. The van der Waals surface area contributed by atoms with Crippen LogP contribution in [0.25, 0.3) is 11.0 Å². The Morgan fingerprint density at radius 1 is 1.33 bits per heavy atom. The minimum Gasteiger partial charge on any atom is -0.336 e. The number of urea groups is 1. The first-order chi connectivity index (χ1) is 11.6. The highest BCUT2D eigenvalue weighted by atomic mass is 16.2. The molecule has 2 heterocycles. The van der Waals surface area contributed by atoms with Crippen molar-refractivity contribution in [3.8, 4) is 0 Å². The van der Waals surface area contributed by atoms with Crippen molar-refractivity contribution in [2.75, 3.05) is 26.7 Å². The van der Waals surface area contributed by atoms with Crippen molar-refractivity contribution in [2.24, 2.45) is 7.05 Å². The summed E-state index contributed by atoms with van der Waals surface area (Å²) in [6, 6.07) is 8.37. The molecule has 0 radical (unpaired) electrons. The van der Waals surface area contributed by atoms with E-state index in [1.54, 1.807) is 4.90 Å². The number of benzene rings is 1. The van der Waals surface area contributed by atoms with Gasteiger partial charge < -0.3 is 14.8 Å². The summed E-state index contributed by atoms with van der Waals surface area (Å²) in [7, 11) is 3.81. The standard InChI is InChI=1S/C18H27N5O/c1-14(23-10-6-7-11-23)12-19-18(24)21(2)13-17-20-15-8-4-5-9-16(15)22(17)3/h4-5,8-9,14H,6-7,10-13H2,1-3H3,(H,19,24). The third-order valence-electron chi connectivity index (χ3n) is 4.92. The van der Waals surface area contributed by atoms with Gasteiger partial charge in [0.1, 0.15) is 5.82 Å². The maximum atomic E-state index is 12.4. The maximum absolute atomic E-state index is 12.4. The van der Waals surface area contributed by atoms with Gasteiger partial charge in [-0.2, -0.15) is 0 Å². The van der Waals surface area contributed by atoms with Crippen LogP contribution in [0.5, 0.6) is 0 Å². The van der Waals surface area contributed by atoms with Crippen LogP contribution in [-0.2, 0) is 13.6 Å². The summed E-state index contributed by atoms with van der Waals surface area (Å²) in [5.74, 6) is 0.890. The second-order valence-corrected chi connectivity index (χ2v) is 6.71. The summed E-state index contributed by atoms with van der Waals surface area (Å²) in [6.45, 7) is 5.65. The Bertz CT molecular complexity index is 704. The fourth-order valence-electron chi connectivity index (χ4n) is 3.30. The summed E-state index contributed by atoms with van der Waals surface area (Å²) in [6.07, 6.45) is 2.54. The number of nitrogens with zero attached hydrogens (tertiary/aromatic N) is 4. The number of likely N-dealkylation sites (tertiary alicyclic amines) is 1. The number of fused-ring (bicyclic) bond motifs is 1. The molecule has 6 nitrogen and oxygen atoms in total. The minimum atomic E-state index is -0.0481. The average Bonchev–Trinajstić information content (AvgIpc) is 3.22. The van der Waals surface area contributed by atoms with Gasteiger partial charge in [-0.1, -0.05) is 12.1 Å². The van der Waals surface area contributed by atoms with Gasteiger partial charge in [0.2, 0.25) is 0 Å². The molecular formula is C18H27N5O. The number of aryl methyl sites for hydroxylation is 1. The number of amides is 2. The summed E-state index contributed by atoms with van der Waals surface area (Å²) >= 11 is 0. The van der Waals surface area contributed by atoms with Crippen LogP contribution in [0, 0.1) is 0 Å². The number of nitrogens with one attached hydrogen (secondary N) is 1. The monoisotopic (exact) mass is 329 g/mol. The Morgan fingerprint density at radius 3 is 2.75 bits per heavy atom. The predicted molar refractivity (Wildman–Crippen MR) is 95.8 cm³/mol. The van der Waals surface area contributed by atoms with Crippen molar-refractivity contribution in [3.63, 3.8) is 0 Å². The molecule has 1 aliphatic heterocycles. The van der Waals surface area contributed by atoms with Gasteiger partial charge in [0.05, 0.1) is 17.6 Å². The van der Waals surface area contributed by atoms with Crippen LogP contribution in [0.3, 0.4) is 0 Å². The molecule has 1 aromatic heterocycles. The molecule has 2 aromatic rings. The Kier molecular flexibility index (Phi) is 5.04. The van der Waals surface area contributed by atoms with Crippen molar-refractivity contribution >= 4 is 17.1 Å². The number of carbonyl (C=O) groups is 1. The van der Waals surface area contributed by atoms with Gasteiger partial charge in [-0.05, 0) is 45.0 Å². The summed E-state index contributed by atoms with van der Waals surface area (Å²) in [5.41, 5.74) is 2.05. The lowest BCUT2D eigenvalue weighted by Crippen LogP contribution is -2.44. The van der Waals surface area contributed by atoms with E-state index < -0.39 is 0 Å². The van der Waals surface area contributed by atoms with Crippen LogP contribution in [0.1, 0.15) is 25.6 Å². The normalized spacial score (nSPS) is 16.5. The molecule has 0 aliphatic carbocycles. The number of hydrogen-bond acceptors (Lipinski definition) is 3. The number of imidazole rings is 1. The zero-order valence-corrected chi connectivity index (χ0v) is 14.8. The smallest absolute Gasteiger partial charge is 0.317 e. The van der Waals surface area contributed by atoms with Gasteiger partial charge in [0, 0.05) is 26.7 Å². The van der Waals surface area contributed by atoms with Crippen molar-refractivity contribution in [1.82, 2.24) is 24.7 Å². The first-order valence-electron chi connectivity index (χ1n) is 8.69. The fraction of sp³-hybridized carbons (Fsp3) is 0.556. The first kappa shape index (κ1) is 16.8. The fourth-order valence-corrected chi connectivity index (χ4v) is 3.30. The molecule has 6 heteroatoms. The highest BCUT2D eigenvalue weighted by Gasteiger charge is 2.19. The van der Waals surface area contributed by atoms with E-state index in [1.165, 1.54) is 12.8 Å². The van der Waals surface area contributed by atoms with Gasteiger partial charge in [-0.3, -0.25) is 4.90 Å². The lowest BCUT2D eigenvalue weighted by atomic mass is 10.3. The lowest BCUT2D eigenvalue weighted by Gasteiger charge is -2.25. The largest absolute Gasteiger partial charge is 0.336 e. The number of aromatic nitrogens is 2. The van der Waals surface area contributed by atoms with E-state index >= 15 is 0 Å². The molecule has 2 amide bonds. The van der Waals surface area contributed by atoms with Crippen LogP contribution in [-0.4, -0.2) is 58.1 Å². The molecule has 0 spiro atoms. The van der Waals surface area contributed by atoms with Crippen molar-refractivity contribution in [2.45, 2.75) is 32.4 Å². The number of para-hydroxylation sites is 2. The van der Waals surface area contributed by atoms with Crippen LogP contribution in [0.4, 0.5) is 4.79 Å². The van der Waals surface area contributed by atoms with Gasteiger partial charge in [-0.25, -0.2) is 9.78 Å². The minimum absolute atomic E-state index is 0.0481. The molecular weight excluding hydrogens is 302 g/mol. The van der Waals surface area contributed by atoms with Gasteiger partial charge in [0.25, 0.3) is 0 Å². The van der Waals surface area contributed by atoms with Crippen molar-refractivity contribution in [3.05, 3.63) is 30.1 Å². The third kappa shape index (κ3) is 3.53. The van der Waals surface area contributed by atoms with E-state index in [2.05, 4.69) is 22.1 Å². The topological polar surface area (TPSA) is 53.4 Å². The number of rotatable bonds is 5. The summed E-state index contributed by atoms with van der Waals surface area (Å²) < 4.78 is 2.05. The Labute approximate surface area is 143 Å². The van der Waals surface area contributed by atoms with E-state index in [0.717, 1.165) is 29.9 Å². The van der Waals surface area contributed by atoms with Gasteiger partial charge in [0.15, 0.2) is 0 Å². The van der Waals surface area contributed by atoms with E-state index in [-0.39, 0.29) is 6.03 Å². The average molecular weight is 329 g/mol. The number of hydrogen-bond donors (Lipinski definition) is 1. The number of carbonyl (C=O) groups excluding carboxylic acids is 1. The quantitative estimate of drug-likeness (QED) is 0.915. The summed E-state index contributed by atoms with van der Waals surface area (Å²) in [4.78, 5) is 21.1. The van der Waals surface area contributed by atoms with Gasteiger partial charge in [-0.15, -0.1) is 0 Å². The Morgan fingerprint density at radius 2 is 2.04 bits per heavy atom. The SMILES string of the molecule is CC(CNC(=O)N(C)Cc1nc2ccccc2n1C)N1CCCC1. The second-order valence-electron chi connectivity index (χ2n) is 6.71. The highest BCUT2D eigenvalue weighted by molar-refractivity contribution is 5.76. The zero-order chi connectivity index (χ0) is 17.1. The van der Waals surface area contributed by atoms with Crippen LogP contribution >= 0.6 is 0 Å². The molecule has 3 rings (SSSR count). The van der Waals surface area contributed by atoms with Crippen LogP contribution in [0.15, 0.2) is 24.3 Å². The first-order valence-corrected chi connectivity index (χ1v) is 8.69. The highest BCUT2D eigenvalue weighted by Crippen LogP contribution is 2.15. The molecule has 1 fully saturated rings. The zero-order valence-electron chi connectivity index (χ0n) is 14.8. The molecule has 1 atom stereocenters. The lowest BCUT2D eigenvalue weighted by molar-refractivity contribution is 0.196. The predicted octanol–water partition coefficient (Wildman–Crippen LogP) is 2.20.